The highest BCUT2D eigenvalue weighted by Crippen LogP contribution is 2.20. The summed E-state index contributed by atoms with van der Waals surface area (Å²) in [6.07, 6.45) is 3.41. The van der Waals surface area contributed by atoms with Crippen molar-refractivity contribution in [3.05, 3.63) is 47.8 Å². The van der Waals surface area contributed by atoms with Crippen LogP contribution < -0.4 is 4.74 Å². The second-order valence-electron chi connectivity index (χ2n) is 3.83. The van der Waals surface area contributed by atoms with E-state index < -0.39 is 0 Å². The fraction of sp³-hybridized carbons (Fsp3) is 0.231. The molecule has 0 bridgehead atoms. The van der Waals surface area contributed by atoms with Crippen LogP contribution >= 0.6 is 0 Å². The van der Waals surface area contributed by atoms with Crippen molar-refractivity contribution in [1.29, 1.82) is 0 Å². The first-order chi connectivity index (χ1) is 8.20. The number of Topliss-reactive ketones (excluding diaryl/α,β-unsaturated/α-hetero) is 1. The lowest BCUT2D eigenvalue weighted by molar-refractivity contribution is 0.0965. The Morgan fingerprint density at radius 3 is 2.94 bits per heavy atom. The number of carbonyl (C=O) groups is 1. The number of ether oxygens (including phenoxy) is 1. The SMILES string of the molecule is COc1cc(C)ccc1C(=O)Cn1cccn1. The zero-order valence-electron chi connectivity index (χ0n) is 9.88. The van der Waals surface area contributed by atoms with E-state index in [9.17, 15) is 4.79 Å². The minimum atomic E-state index is -0.00875. The maximum absolute atomic E-state index is 12.1. The van der Waals surface area contributed by atoms with Crippen molar-refractivity contribution in [2.24, 2.45) is 0 Å². The highest BCUT2D eigenvalue weighted by molar-refractivity contribution is 5.98. The van der Waals surface area contributed by atoms with Crippen molar-refractivity contribution in [2.75, 3.05) is 7.11 Å². The van der Waals surface area contributed by atoms with Crippen molar-refractivity contribution in [3.63, 3.8) is 0 Å². The zero-order chi connectivity index (χ0) is 12.3. The van der Waals surface area contributed by atoms with Crippen LogP contribution in [0.15, 0.2) is 36.7 Å². The third-order valence-electron chi connectivity index (χ3n) is 2.52. The molecule has 0 saturated carbocycles. The van der Waals surface area contributed by atoms with Gasteiger partial charge in [0.15, 0.2) is 5.78 Å². The number of benzene rings is 1. The number of ketones is 1. The fourth-order valence-corrected chi connectivity index (χ4v) is 1.66. The Bertz CT molecular complexity index is 518. The molecule has 0 fully saturated rings. The van der Waals surface area contributed by atoms with E-state index in [4.69, 9.17) is 4.74 Å². The van der Waals surface area contributed by atoms with Crippen LogP contribution in [-0.2, 0) is 6.54 Å². The van der Waals surface area contributed by atoms with E-state index in [-0.39, 0.29) is 12.3 Å². The lowest BCUT2D eigenvalue weighted by Gasteiger charge is -2.08. The monoisotopic (exact) mass is 230 g/mol. The Labute approximate surface area is 99.8 Å². The van der Waals surface area contributed by atoms with Gasteiger partial charge in [-0.05, 0) is 30.7 Å². The average Bonchev–Trinajstić information content (AvgIpc) is 2.81. The summed E-state index contributed by atoms with van der Waals surface area (Å²) in [6.45, 7) is 2.19. The molecule has 1 aromatic carbocycles. The normalized spacial score (nSPS) is 10.2. The summed E-state index contributed by atoms with van der Waals surface area (Å²) in [4.78, 5) is 12.1. The van der Waals surface area contributed by atoms with Gasteiger partial charge in [0.25, 0.3) is 0 Å². The van der Waals surface area contributed by atoms with Crippen molar-refractivity contribution >= 4 is 5.78 Å². The predicted molar refractivity (Wildman–Crippen MR) is 64.3 cm³/mol. The largest absolute Gasteiger partial charge is 0.496 e. The number of nitrogens with zero attached hydrogens (tertiary/aromatic N) is 2. The molecule has 2 aromatic rings. The molecule has 0 spiro atoms. The fourth-order valence-electron chi connectivity index (χ4n) is 1.66. The van der Waals surface area contributed by atoms with Crippen LogP contribution in [0.25, 0.3) is 0 Å². The number of carbonyl (C=O) groups excluding carboxylic acids is 1. The Morgan fingerprint density at radius 1 is 1.47 bits per heavy atom. The minimum Gasteiger partial charge on any atom is -0.496 e. The number of hydrogen-bond acceptors (Lipinski definition) is 3. The molecule has 0 aliphatic heterocycles. The van der Waals surface area contributed by atoms with Crippen LogP contribution in [0.5, 0.6) is 5.75 Å². The maximum Gasteiger partial charge on any atom is 0.187 e. The van der Waals surface area contributed by atoms with Crippen molar-refractivity contribution in [1.82, 2.24) is 9.78 Å². The van der Waals surface area contributed by atoms with Crippen molar-refractivity contribution in [3.8, 4) is 5.75 Å². The summed E-state index contributed by atoms with van der Waals surface area (Å²) in [5.74, 6) is 0.604. The molecule has 4 heteroatoms. The molecular formula is C13H14N2O2. The molecule has 1 aromatic heterocycles. The zero-order valence-corrected chi connectivity index (χ0v) is 9.88. The Morgan fingerprint density at radius 2 is 2.29 bits per heavy atom. The van der Waals surface area contributed by atoms with Crippen molar-refractivity contribution in [2.45, 2.75) is 13.5 Å². The molecule has 0 amide bonds. The van der Waals surface area contributed by atoms with Crippen LogP contribution in [0.3, 0.4) is 0 Å². The Balaban J connectivity index is 2.24. The van der Waals surface area contributed by atoms with Crippen molar-refractivity contribution < 1.29 is 9.53 Å². The van der Waals surface area contributed by atoms with Gasteiger partial charge in [-0.25, -0.2) is 0 Å². The first kappa shape index (κ1) is 11.4. The molecule has 2 rings (SSSR count). The molecule has 0 radical (unpaired) electrons. The summed E-state index contributed by atoms with van der Waals surface area (Å²) in [5.41, 5.74) is 1.66. The molecule has 0 saturated heterocycles. The van der Waals surface area contributed by atoms with Gasteiger partial charge in [-0.1, -0.05) is 6.07 Å². The first-order valence-electron chi connectivity index (χ1n) is 5.36. The Kier molecular flexibility index (Phi) is 3.23. The second-order valence-corrected chi connectivity index (χ2v) is 3.83. The van der Waals surface area contributed by atoms with Gasteiger partial charge in [-0.3, -0.25) is 9.48 Å². The number of rotatable bonds is 4. The van der Waals surface area contributed by atoms with Crippen LogP contribution in [-0.4, -0.2) is 22.7 Å². The molecule has 0 aliphatic carbocycles. The van der Waals surface area contributed by atoms with Gasteiger partial charge in [0.05, 0.1) is 12.7 Å². The molecule has 0 atom stereocenters. The number of hydrogen-bond donors (Lipinski definition) is 0. The lowest BCUT2D eigenvalue weighted by Crippen LogP contribution is -2.12. The van der Waals surface area contributed by atoms with E-state index in [0.717, 1.165) is 5.56 Å². The van der Waals surface area contributed by atoms with Gasteiger partial charge in [0.2, 0.25) is 0 Å². The standard InChI is InChI=1S/C13H14N2O2/c1-10-4-5-11(13(8-10)17-2)12(16)9-15-7-3-6-14-15/h3-8H,9H2,1-2H3. The molecule has 88 valence electrons. The highest BCUT2D eigenvalue weighted by atomic mass is 16.5. The first-order valence-corrected chi connectivity index (χ1v) is 5.36. The van der Waals surface area contributed by atoms with Gasteiger partial charge in [0, 0.05) is 12.4 Å². The van der Waals surface area contributed by atoms with Gasteiger partial charge >= 0.3 is 0 Å². The van der Waals surface area contributed by atoms with Gasteiger partial charge < -0.3 is 4.74 Å². The third-order valence-corrected chi connectivity index (χ3v) is 2.52. The van der Waals surface area contributed by atoms with Crippen LogP contribution in [0, 0.1) is 6.92 Å². The number of aryl methyl sites for hydroxylation is 1. The molecule has 1 heterocycles. The summed E-state index contributed by atoms with van der Waals surface area (Å²) >= 11 is 0. The van der Waals surface area contributed by atoms with E-state index >= 15 is 0 Å². The summed E-state index contributed by atoms with van der Waals surface area (Å²) in [7, 11) is 1.57. The lowest BCUT2D eigenvalue weighted by atomic mass is 10.1. The maximum atomic E-state index is 12.1. The van der Waals surface area contributed by atoms with E-state index in [2.05, 4.69) is 5.10 Å². The average molecular weight is 230 g/mol. The minimum absolute atomic E-state index is 0.00875. The molecular weight excluding hydrogens is 216 g/mol. The summed E-state index contributed by atoms with van der Waals surface area (Å²) in [6, 6.07) is 7.34. The quantitative estimate of drug-likeness (QED) is 0.755. The summed E-state index contributed by atoms with van der Waals surface area (Å²) in [5, 5.41) is 4.01. The molecule has 0 N–H and O–H groups in total. The van der Waals surface area contributed by atoms with Gasteiger partial charge in [-0.2, -0.15) is 5.10 Å². The predicted octanol–water partition coefficient (Wildman–Crippen LogP) is 2.08. The smallest absolute Gasteiger partial charge is 0.187 e. The van der Waals surface area contributed by atoms with Crippen LogP contribution in [0.4, 0.5) is 0 Å². The van der Waals surface area contributed by atoms with E-state index in [1.54, 1.807) is 36.3 Å². The third kappa shape index (κ3) is 2.53. The number of aromatic nitrogens is 2. The van der Waals surface area contributed by atoms with Gasteiger partial charge in [0.1, 0.15) is 12.3 Å². The van der Waals surface area contributed by atoms with E-state index in [0.29, 0.717) is 11.3 Å². The molecule has 0 aliphatic rings. The van der Waals surface area contributed by atoms with Crippen LogP contribution in [0.2, 0.25) is 0 Å². The molecule has 4 nitrogen and oxygen atoms in total. The Hall–Kier alpha value is -2.10. The number of methoxy groups -OCH3 is 1. The van der Waals surface area contributed by atoms with Crippen LogP contribution in [0.1, 0.15) is 15.9 Å². The van der Waals surface area contributed by atoms with E-state index in [1.807, 2.05) is 19.1 Å². The topological polar surface area (TPSA) is 44.1 Å². The van der Waals surface area contributed by atoms with E-state index in [1.165, 1.54) is 0 Å². The van der Waals surface area contributed by atoms with Gasteiger partial charge in [-0.15, -0.1) is 0 Å². The summed E-state index contributed by atoms with van der Waals surface area (Å²) < 4.78 is 6.81. The molecule has 17 heavy (non-hydrogen) atoms. The molecule has 0 unspecified atom stereocenters. The second kappa shape index (κ2) is 4.82. The highest BCUT2D eigenvalue weighted by Gasteiger charge is 2.12.